The zero-order valence-electron chi connectivity index (χ0n) is 10.0. The van der Waals surface area contributed by atoms with Gasteiger partial charge in [0.25, 0.3) is 0 Å². The molecule has 0 fully saturated rings. The van der Waals surface area contributed by atoms with Gasteiger partial charge in [0.05, 0.1) is 7.11 Å². The van der Waals surface area contributed by atoms with E-state index in [2.05, 4.69) is 15.9 Å². The number of anilines is 1. The minimum absolute atomic E-state index is 0.444. The van der Waals surface area contributed by atoms with E-state index in [1.807, 2.05) is 36.4 Å². The van der Waals surface area contributed by atoms with Crippen LogP contribution in [0.3, 0.4) is 0 Å². The van der Waals surface area contributed by atoms with Gasteiger partial charge in [0.15, 0.2) is 0 Å². The van der Waals surface area contributed by atoms with Gasteiger partial charge in [-0.05, 0) is 18.2 Å². The van der Waals surface area contributed by atoms with Gasteiger partial charge in [0.1, 0.15) is 18.1 Å². The topological polar surface area (TPSA) is 44.5 Å². The molecule has 0 radical (unpaired) electrons. The highest BCUT2D eigenvalue weighted by atomic mass is 79.9. The van der Waals surface area contributed by atoms with Crippen molar-refractivity contribution in [2.45, 2.75) is 6.61 Å². The summed E-state index contributed by atoms with van der Waals surface area (Å²) in [6, 6.07) is 13.3. The van der Waals surface area contributed by atoms with Crippen molar-refractivity contribution in [2.75, 3.05) is 12.8 Å². The fraction of sp³-hybridized carbons (Fsp3) is 0.143. The average Bonchev–Trinajstić information content (AvgIpc) is 2.35. The van der Waals surface area contributed by atoms with Crippen molar-refractivity contribution < 1.29 is 9.47 Å². The molecule has 0 atom stereocenters. The van der Waals surface area contributed by atoms with Crippen molar-refractivity contribution in [3.63, 3.8) is 0 Å². The Kier molecular flexibility index (Phi) is 4.10. The molecule has 0 aliphatic rings. The standard InChI is InChI=1S/C14H14BrNO2/c1-17-14-5-3-2-4-10(14)9-18-13-7-11(15)6-12(16)8-13/h2-8H,9,16H2,1H3. The van der Waals surface area contributed by atoms with Crippen LogP contribution < -0.4 is 15.2 Å². The summed E-state index contributed by atoms with van der Waals surface area (Å²) in [5, 5.41) is 0. The monoisotopic (exact) mass is 307 g/mol. The maximum Gasteiger partial charge on any atom is 0.125 e. The van der Waals surface area contributed by atoms with E-state index in [1.54, 1.807) is 13.2 Å². The molecule has 0 saturated carbocycles. The Morgan fingerprint density at radius 3 is 2.67 bits per heavy atom. The quantitative estimate of drug-likeness (QED) is 0.877. The van der Waals surface area contributed by atoms with E-state index in [0.717, 1.165) is 21.5 Å². The van der Waals surface area contributed by atoms with Crippen LogP contribution in [0.1, 0.15) is 5.56 Å². The lowest BCUT2D eigenvalue weighted by atomic mass is 10.2. The van der Waals surface area contributed by atoms with E-state index < -0.39 is 0 Å². The smallest absolute Gasteiger partial charge is 0.125 e. The van der Waals surface area contributed by atoms with E-state index >= 15 is 0 Å². The lowest BCUT2D eigenvalue weighted by Gasteiger charge is -2.10. The van der Waals surface area contributed by atoms with Gasteiger partial charge >= 0.3 is 0 Å². The number of ether oxygens (including phenoxy) is 2. The first-order valence-corrected chi connectivity index (χ1v) is 6.29. The third-order valence-corrected chi connectivity index (χ3v) is 2.94. The van der Waals surface area contributed by atoms with Crippen LogP contribution >= 0.6 is 15.9 Å². The summed E-state index contributed by atoms with van der Waals surface area (Å²) in [5.41, 5.74) is 7.41. The number of rotatable bonds is 4. The van der Waals surface area contributed by atoms with Crippen LogP contribution in [0.5, 0.6) is 11.5 Å². The largest absolute Gasteiger partial charge is 0.496 e. The molecule has 2 rings (SSSR count). The molecule has 0 aliphatic heterocycles. The van der Waals surface area contributed by atoms with E-state index in [0.29, 0.717) is 12.3 Å². The Labute approximate surface area is 115 Å². The molecular weight excluding hydrogens is 294 g/mol. The fourth-order valence-electron chi connectivity index (χ4n) is 1.65. The van der Waals surface area contributed by atoms with Gasteiger partial charge in [-0.2, -0.15) is 0 Å². The lowest BCUT2D eigenvalue weighted by Crippen LogP contribution is -1.99. The number of nitrogens with two attached hydrogens (primary N) is 1. The van der Waals surface area contributed by atoms with Gasteiger partial charge in [0.2, 0.25) is 0 Å². The Hall–Kier alpha value is -1.68. The molecule has 94 valence electrons. The molecule has 3 nitrogen and oxygen atoms in total. The number of methoxy groups -OCH3 is 1. The zero-order valence-corrected chi connectivity index (χ0v) is 11.6. The van der Waals surface area contributed by atoms with E-state index in [4.69, 9.17) is 15.2 Å². The number of benzene rings is 2. The molecule has 0 aliphatic carbocycles. The van der Waals surface area contributed by atoms with Crippen LogP contribution in [0.15, 0.2) is 46.9 Å². The summed E-state index contributed by atoms with van der Waals surface area (Å²) in [6.07, 6.45) is 0. The first kappa shape index (κ1) is 12.8. The van der Waals surface area contributed by atoms with Gasteiger partial charge in [-0.15, -0.1) is 0 Å². The Morgan fingerprint density at radius 2 is 1.94 bits per heavy atom. The van der Waals surface area contributed by atoms with Gasteiger partial charge in [0, 0.05) is 21.8 Å². The molecule has 4 heteroatoms. The molecule has 2 aromatic rings. The van der Waals surface area contributed by atoms with Gasteiger partial charge in [-0.25, -0.2) is 0 Å². The molecular formula is C14H14BrNO2. The Morgan fingerprint density at radius 1 is 1.17 bits per heavy atom. The van der Waals surface area contributed by atoms with Crippen LogP contribution in [0, 0.1) is 0 Å². The summed E-state index contributed by atoms with van der Waals surface area (Å²) in [5.74, 6) is 1.55. The highest BCUT2D eigenvalue weighted by Gasteiger charge is 2.03. The van der Waals surface area contributed by atoms with Crippen LogP contribution in [0.2, 0.25) is 0 Å². The third kappa shape index (κ3) is 3.17. The Bertz CT molecular complexity index is 523. The van der Waals surface area contributed by atoms with Crippen LogP contribution in [-0.4, -0.2) is 7.11 Å². The summed E-state index contributed by atoms with van der Waals surface area (Å²) >= 11 is 3.38. The average molecular weight is 308 g/mol. The molecule has 2 N–H and O–H groups in total. The van der Waals surface area contributed by atoms with Crippen molar-refractivity contribution in [3.8, 4) is 11.5 Å². The second-order valence-corrected chi connectivity index (χ2v) is 4.74. The number of hydrogen-bond donors (Lipinski definition) is 1. The molecule has 0 bridgehead atoms. The molecule has 0 unspecified atom stereocenters. The molecule has 0 spiro atoms. The molecule has 18 heavy (non-hydrogen) atoms. The summed E-state index contributed by atoms with van der Waals surface area (Å²) in [7, 11) is 1.65. The van der Waals surface area contributed by atoms with Crippen molar-refractivity contribution >= 4 is 21.6 Å². The zero-order chi connectivity index (χ0) is 13.0. The fourth-order valence-corrected chi connectivity index (χ4v) is 2.14. The summed E-state index contributed by atoms with van der Waals surface area (Å²) in [6.45, 7) is 0.444. The second kappa shape index (κ2) is 5.78. The first-order chi connectivity index (χ1) is 8.69. The van der Waals surface area contributed by atoms with Crippen molar-refractivity contribution in [3.05, 3.63) is 52.5 Å². The van der Waals surface area contributed by atoms with Crippen molar-refractivity contribution in [2.24, 2.45) is 0 Å². The number of hydrogen-bond acceptors (Lipinski definition) is 3. The van der Waals surface area contributed by atoms with Crippen LogP contribution in [0.4, 0.5) is 5.69 Å². The number of para-hydroxylation sites is 1. The lowest BCUT2D eigenvalue weighted by molar-refractivity contribution is 0.296. The van der Waals surface area contributed by atoms with Crippen LogP contribution in [0.25, 0.3) is 0 Å². The maximum atomic E-state index is 5.75. The predicted octanol–water partition coefficient (Wildman–Crippen LogP) is 3.62. The normalized spacial score (nSPS) is 10.1. The molecule has 0 heterocycles. The second-order valence-electron chi connectivity index (χ2n) is 3.82. The minimum atomic E-state index is 0.444. The first-order valence-electron chi connectivity index (χ1n) is 5.50. The highest BCUT2D eigenvalue weighted by Crippen LogP contribution is 2.25. The highest BCUT2D eigenvalue weighted by molar-refractivity contribution is 9.10. The van der Waals surface area contributed by atoms with Gasteiger partial charge in [-0.3, -0.25) is 0 Å². The molecule has 0 saturated heterocycles. The maximum absolute atomic E-state index is 5.75. The van der Waals surface area contributed by atoms with E-state index in [-0.39, 0.29) is 0 Å². The molecule has 2 aromatic carbocycles. The van der Waals surface area contributed by atoms with Gasteiger partial charge < -0.3 is 15.2 Å². The van der Waals surface area contributed by atoms with E-state index in [1.165, 1.54) is 0 Å². The van der Waals surface area contributed by atoms with Crippen molar-refractivity contribution in [1.29, 1.82) is 0 Å². The summed E-state index contributed by atoms with van der Waals surface area (Å²) in [4.78, 5) is 0. The van der Waals surface area contributed by atoms with Gasteiger partial charge in [-0.1, -0.05) is 34.1 Å². The third-order valence-electron chi connectivity index (χ3n) is 2.48. The van der Waals surface area contributed by atoms with Crippen molar-refractivity contribution in [1.82, 2.24) is 0 Å². The summed E-state index contributed by atoms with van der Waals surface area (Å²) < 4.78 is 11.9. The minimum Gasteiger partial charge on any atom is -0.496 e. The molecule has 0 amide bonds. The Balaban J connectivity index is 2.11. The number of nitrogen functional groups attached to an aromatic ring is 1. The van der Waals surface area contributed by atoms with Crippen LogP contribution in [-0.2, 0) is 6.61 Å². The SMILES string of the molecule is COc1ccccc1COc1cc(N)cc(Br)c1. The van der Waals surface area contributed by atoms with E-state index in [9.17, 15) is 0 Å². The molecule has 0 aromatic heterocycles. The number of halogens is 1. The predicted molar refractivity (Wildman–Crippen MR) is 75.9 cm³/mol.